The minimum absolute atomic E-state index is 0.367. The van der Waals surface area contributed by atoms with E-state index in [4.69, 9.17) is 4.74 Å². The Labute approximate surface area is 296 Å². The number of benzene rings is 4. The molecule has 0 bridgehead atoms. The Morgan fingerprint density at radius 1 is 0.520 bits per heavy atom. The van der Waals surface area contributed by atoms with Crippen molar-refractivity contribution < 1.29 is 21.5 Å². The van der Waals surface area contributed by atoms with Gasteiger partial charge in [-0.2, -0.15) is 0 Å². The van der Waals surface area contributed by atoms with Crippen molar-refractivity contribution >= 4 is 79.9 Å². The van der Waals surface area contributed by atoms with Crippen molar-refractivity contribution in [2.24, 2.45) is 0 Å². The van der Waals surface area contributed by atoms with Crippen LogP contribution in [0.2, 0.25) is 0 Å². The first-order valence-corrected chi connectivity index (χ1v) is 21.9. The van der Waals surface area contributed by atoms with Crippen LogP contribution >= 0.6 is 0 Å². The quantitative estimate of drug-likeness (QED) is 0.171. The summed E-state index contributed by atoms with van der Waals surface area (Å²) in [5.41, 5.74) is 9.50. The zero-order valence-electron chi connectivity index (χ0n) is 27.6. The number of ether oxygens (including phenoxy) is 1. The third-order valence-electron chi connectivity index (χ3n) is 12.6. The molecule has 240 valence electrons. The summed E-state index contributed by atoms with van der Waals surface area (Å²) in [5.74, 6) is 3.49. The van der Waals surface area contributed by atoms with Crippen LogP contribution in [0.15, 0.2) is 97.3 Å². The van der Waals surface area contributed by atoms with E-state index in [9.17, 15) is 7.67 Å². The van der Waals surface area contributed by atoms with E-state index in [2.05, 4.69) is 144 Å². The number of aromatic nitrogens is 2. The van der Waals surface area contributed by atoms with Gasteiger partial charge in [0.05, 0.1) is 0 Å². The number of rotatable bonds is 0. The Hall–Kier alpha value is -4.78. The fourth-order valence-electron chi connectivity index (χ4n) is 10.5. The first kappa shape index (κ1) is 27.0. The van der Waals surface area contributed by atoms with Gasteiger partial charge in [-0.15, -0.1) is 0 Å². The number of pyridine rings is 2. The standard InChI is InChI=1S/C41H28N4O3Se2/c1-39(2)21-9-5-11-27-33(21)44-35-23(39)15-17-25-31(35)41(42-19-7-13-29(37(42)44)49(27)46)32-26(48-25)18-16-24-36(32)45-34-22(40(24,3)4)10-6-12-28(34)50(47)30-14-8-20-43(41)38(30)45/h5-20H,1-4H3/q+2. The van der Waals surface area contributed by atoms with Crippen LogP contribution in [0.3, 0.4) is 0 Å². The maximum atomic E-state index is 14.9. The molecule has 0 fully saturated rings. The SMILES string of the molecule is CC1(C)c2cccc3c2N2c4c1ccc1c4C4(c5c(ccc6c5N5c7c(cccc7C6(C)C)[Se](=O)c6ccc[n+]4c65)O1)[n+]1cccc(c12)[Se]3=O. The van der Waals surface area contributed by atoms with E-state index in [1.54, 1.807) is 0 Å². The van der Waals surface area contributed by atoms with E-state index in [-0.39, 0.29) is 10.8 Å². The molecule has 0 aliphatic carbocycles. The summed E-state index contributed by atoms with van der Waals surface area (Å²) in [5, 5.41) is 0. The van der Waals surface area contributed by atoms with Crippen molar-refractivity contribution in [1.29, 1.82) is 0 Å². The van der Waals surface area contributed by atoms with Gasteiger partial charge in [0, 0.05) is 0 Å². The average Bonchev–Trinajstić information content (AvgIpc) is 3.12. The summed E-state index contributed by atoms with van der Waals surface area (Å²) >= 11 is -5.34. The number of hydrogen-bond acceptors (Lipinski definition) is 5. The van der Waals surface area contributed by atoms with Gasteiger partial charge < -0.3 is 0 Å². The maximum absolute atomic E-state index is 14.9. The molecule has 7 aliphatic heterocycles. The molecule has 50 heavy (non-hydrogen) atoms. The van der Waals surface area contributed by atoms with Crippen LogP contribution in [0.4, 0.5) is 34.4 Å². The molecule has 2 atom stereocenters. The predicted octanol–water partition coefficient (Wildman–Crippen LogP) is 4.21. The molecule has 13 rings (SSSR count). The third-order valence-corrected chi connectivity index (χ3v) is 18.6. The summed E-state index contributed by atoms with van der Waals surface area (Å²) in [6.45, 7) is 9.17. The van der Waals surface area contributed by atoms with Crippen LogP contribution < -0.4 is 41.5 Å². The van der Waals surface area contributed by atoms with E-state index >= 15 is 0 Å². The molecule has 0 saturated carbocycles. The minimum atomic E-state index is -2.67. The number of para-hydroxylation sites is 2. The van der Waals surface area contributed by atoms with Crippen LogP contribution in [-0.2, 0) is 24.2 Å². The first-order valence-electron chi connectivity index (χ1n) is 17.0. The van der Waals surface area contributed by atoms with E-state index in [1.165, 1.54) is 22.3 Å². The van der Waals surface area contributed by atoms with Gasteiger partial charge in [-0.1, -0.05) is 0 Å². The fraction of sp³-hybridized carbons (Fsp3) is 0.171. The van der Waals surface area contributed by atoms with E-state index < -0.39 is 33.3 Å². The Bertz CT molecular complexity index is 2630. The molecule has 6 aromatic rings. The molecule has 0 N–H and O–H groups in total. The molecule has 0 radical (unpaired) electrons. The molecule has 0 amide bonds. The van der Waals surface area contributed by atoms with E-state index in [0.717, 1.165) is 74.9 Å². The Balaban J connectivity index is 1.31. The molecule has 9 heterocycles. The Morgan fingerprint density at radius 3 is 1.40 bits per heavy atom. The molecule has 2 aromatic heterocycles. The molecule has 7 aliphatic rings. The fourth-order valence-corrected chi connectivity index (χ4v) is 16.3. The number of nitrogens with zero attached hydrogens (tertiary/aromatic N) is 4. The van der Waals surface area contributed by atoms with Gasteiger partial charge in [0.15, 0.2) is 0 Å². The van der Waals surface area contributed by atoms with Crippen LogP contribution in [0.1, 0.15) is 61.1 Å². The van der Waals surface area contributed by atoms with Crippen LogP contribution in [0, 0.1) is 0 Å². The molecule has 4 aromatic carbocycles. The molecular weight excluding hydrogens is 754 g/mol. The number of hydrogen-bond donors (Lipinski definition) is 0. The topological polar surface area (TPSA) is 57.6 Å². The molecule has 7 nitrogen and oxygen atoms in total. The second-order valence-electron chi connectivity index (χ2n) is 15.3. The van der Waals surface area contributed by atoms with Gasteiger partial charge in [0.2, 0.25) is 0 Å². The monoisotopic (exact) mass is 784 g/mol. The van der Waals surface area contributed by atoms with Crippen molar-refractivity contribution in [2.45, 2.75) is 44.2 Å². The second-order valence-corrected chi connectivity index (χ2v) is 21.3. The third kappa shape index (κ3) is 2.45. The average molecular weight is 783 g/mol. The zero-order chi connectivity index (χ0) is 33.4. The van der Waals surface area contributed by atoms with Crippen molar-refractivity contribution in [3.8, 4) is 11.5 Å². The van der Waals surface area contributed by atoms with Gasteiger partial charge in [0.25, 0.3) is 0 Å². The summed E-state index contributed by atoms with van der Waals surface area (Å²) in [4.78, 5) is 4.80. The normalized spacial score (nSPS) is 23.8. The summed E-state index contributed by atoms with van der Waals surface area (Å²) in [7, 11) is 0. The van der Waals surface area contributed by atoms with Crippen LogP contribution in [0.5, 0.6) is 11.5 Å². The Morgan fingerprint density at radius 2 is 0.940 bits per heavy atom. The molecule has 2 unspecified atom stereocenters. The Kier molecular flexibility index (Phi) is 4.27. The van der Waals surface area contributed by atoms with E-state index in [1.807, 2.05) is 0 Å². The van der Waals surface area contributed by atoms with Crippen LogP contribution in [0.25, 0.3) is 0 Å². The van der Waals surface area contributed by atoms with Crippen molar-refractivity contribution in [3.63, 3.8) is 0 Å². The number of anilines is 6. The van der Waals surface area contributed by atoms with Gasteiger partial charge in [-0.25, -0.2) is 0 Å². The summed E-state index contributed by atoms with van der Waals surface area (Å²) < 4.78 is 45.2. The van der Waals surface area contributed by atoms with Gasteiger partial charge >= 0.3 is 298 Å². The molecule has 0 saturated heterocycles. The van der Waals surface area contributed by atoms with Crippen LogP contribution in [-0.4, -0.2) is 27.7 Å². The first-order chi connectivity index (χ1) is 24.2. The van der Waals surface area contributed by atoms with Crippen molar-refractivity contribution in [2.75, 3.05) is 9.80 Å². The van der Waals surface area contributed by atoms with Crippen molar-refractivity contribution in [1.82, 2.24) is 0 Å². The summed E-state index contributed by atoms with van der Waals surface area (Å²) in [6.07, 6.45) is 4.34. The molecular formula is C41H28N4O3Se2+2. The summed E-state index contributed by atoms with van der Waals surface area (Å²) in [6, 6.07) is 29.8. The van der Waals surface area contributed by atoms with Gasteiger partial charge in [0.1, 0.15) is 0 Å². The molecule has 1 spiro atoms. The van der Waals surface area contributed by atoms with Crippen molar-refractivity contribution in [3.05, 3.63) is 131 Å². The van der Waals surface area contributed by atoms with E-state index in [0.29, 0.717) is 0 Å². The van der Waals surface area contributed by atoms with Gasteiger partial charge in [-0.3, -0.25) is 0 Å². The molecule has 9 heteroatoms. The zero-order valence-corrected chi connectivity index (χ0v) is 31.0. The predicted molar refractivity (Wildman–Crippen MR) is 190 cm³/mol. The van der Waals surface area contributed by atoms with Gasteiger partial charge in [-0.05, 0) is 0 Å². The second kappa shape index (κ2) is 7.90.